The van der Waals surface area contributed by atoms with Crippen LogP contribution < -0.4 is 0 Å². The predicted molar refractivity (Wildman–Crippen MR) is 208 cm³/mol. The van der Waals surface area contributed by atoms with Crippen LogP contribution in [0.15, 0.2) is 182 Å². The third-order valence-corrected chi connectivity index (χ3v) is 10.2. The van der Waals surface area contributed by atoms with Crippen molar-refractivity contribution in [3.05, 3.63) is 182 Å². The van der Waals surface area contributed by atoms with Crippen molar-refractivity contribution in [1.29, 1.82) is 0 Å². The molecule has 10 aromatic carbocycles. The number of hydrogen-bond donors (Lipinski definition) is 0. The van der Waals surface area contributed by atoms with Crippen molar-refractivity contribution in [2.75, 3.05) is 0 Å². The van der Waals surface area contributed by atoms with Crippen LogP contribution in [0.25, 0.3) is 98.0 Å². The molecular weight excluding hydrogens is 577 g/mol. The molecule has 0 aromatic heterocycles. The first-order valence-electron chi connectivity index (χ1n) is 16.7. The molecule has 0 N–H and O–H groups in total. The fourth-order valence-electron chi connectivity index (χ4n) is 8.08. The van der Waals surface area contributed by atoms with Crippen LogP contribution in [0.3, 0.4) is 0 Å². The molecule has 10 rings (SSSR count). The van der Waals surface area contributed by atoms with E-state index in [1.807, 2.05) is 0 Å². The second-order valence-corrected chi connectivity index (χ2v) is 12.8. The van der Waals surface area contributed by atoms with E-state index in [2.05, 4.69) is 182 Å². The van der Waals surface area contributed by atoms with E-state index in [1.54, 1.807) is 0 Å². The van der Waals surface area contributed by atoms with Crippen LogP contribution >= 0.6 is 0 Å². The predicted octanol–water partition coefficient (Wildman–Crippen LogP) is 13.6. The summed E-state index contributed by atoms with van der Waals surface area (Å²) in [4.78, 5) is 0. The molecule has 0 spiro atoms. The number of fused-ring (bicyclic) bond motifs is 9. The van der Waals surface area contributed by atoms with E-state index in [0.29, 0.717) is 0 Å². The zero-order valence-corrected chi connectivity index (χ0v) is 26.3. The molecular formula is C48H30. The van der Waals surface area contributed by atoms with E-state index in [-0.39, 0.29) is 0 Å². The molecule has 0 nitrogen and oxygen atoms in total. The monoisotopic (exact) mass is 606 g/mol. The average molecular weight is 607 g/mol. The second kappa shape index (κ2) is 10.7. The third kappa shape index (κ3) is 4.03. The van der Waals surface area contributed by atoms with E-state index in [9.17, 15) is 0 Å². The van der Waals surface area contributed by atoms with Crippen molar-refractivity contribution < 1.29 is 0 Å². The SMILES string of the molecule is c1ccc(-c2ccccc2-c2c3ccc4ccccc4c3c(-c3ccc4ccc5ccccc5c4c3)c3ccc4ccccc4c23)cc1. The van der Waals surface area contributed by atoms with Gasteiger partial charge in [-0.25, -0.2) is 0 Å². The molecule has 0 radical (unpaired) electrons. The van der Waals surface area contributed by atoms with Crippen LogP contribution in [-0.4, -0.2) is 0 Å². The quantitative estimate of drug-likeness (QED) is 0.139. The fraction of sp³-hybridized carbons (Fsp3) is 0. The Morgan fingerprint density at radius 3 is 1.38 bits per heavy atom. The largest absolute Gasteiger partial charge is 0.0622 e. The molecule has 0 heteroatoms. The molecule has 0 aliphatic carbocycles. The minimum absolute atomic E-state index is 1.22. The summed E-state index contributed by atoms with van der Waals surface area (Å²) < 4.78 is 0. The number of rotatable bonds is 3. The van der Waals surface area contributed by atoms with Gasteiger partial charge in [-0.05, 0) is 104 Å². The average Bonchev–Trinajstić information content (AvgIpc) is 3.17. The first-order chi connectivity index (χ1) is 23.8. The molecule has 10 aromatic rings. The van der Waals surface area contributed by atoms with Gasteiger partial charge in [0.05, 0.1) is 0 Å². The lowest BCUT2D eigenvalue weighted by Gasteiger charge is -2.22. The summed E-state index contributed by atoms with van der Waals surface area (Å²) in [6, 6.07) is 67.2. The molecule has 0 unspecified atom stereocenters. The van der Waals surface area contributed by atoms with Gasteiger partial charge in [0.2, 0.25) is 0 Å². The summed E-state index contributed by atoms with van der Waals surface area (Å²) in [6.45, 7) is 0. The zero-order valence-electron chi connectivity index (χ0n) is 26.3. The highest BCUT2D eigenvalue weighted by Crippen LogP contribution is 2.50. The normalized spacial score (nSPS) is 11.8. The lowest BCUT2D eigenvalue weighted by Crippen LogP contribution is -1.95. The maximum Gasteiger partial charge on any atom is -0.00137 e. The van der Waals surface area contributed by atoms with Gasteiger partial charge in [0.1, 0.15) is 0 Å². The van der Waals surface area contributed by atoms with E-state index in [4.69, 9.17) is 0 Å². The van der Waals surface area contributed by atoms with Crippen LogP contribution in [0.1, 0.15) is 0 Å². The highest BCUT2D eigenvalue weighted by molar-refractivity contribution is 6.33. The van der Waals surface area contributed by atoms with Gasteiger partial charge in [0, 0.05) is 0 Å². The molecule has 0 saturated carbocycles. The van der Waals surface area contributed by atoms with Gasteiger partial charge in [-0.2, -0.15) is 0 Å². The highest BCUT2D eigenvalue weighted by Gasteiger charge is 2.22. The van der Waals surface area contributed by atoms with Crippen LogP contribution in [-0.2, 0) is 0 Å². The van der Waals surface area contributed by atoms with Crippen molar-refractivity contribution in [3.63, 3.8) is 0 Å². The molecule has 222 valence electrons. The van der Waals surface area contributed by atoms with E-state index < -0.39 is 0 Å². The molecule has 0 heterocycles. The number of benzene rings is 10. The van der Waals surface area contributed by atoms with Gasteiger partial charge >= 0.3 is 0 Å². The molecule has 0 aliphatic rings. The smallest absolute Gasteiger partial charge is 0.00137 e. The first-order valence-corrected chi connectivity index (χ1v) is 16.7. The summed E-state index contributed by atoms with van der Waals surface area (Å²) in [7, 11) is 0. The van der Waals surface area contributed by atoms with Gasteiger partial charge in [-0.15, -0.1) is 0 Å². The molecule has 0 fully saturated rings. The van der Waals surface area contributed by atoms with E-state index >= 15 is 0 Å². The Kier molecular flexibility index (Phi) is 5.98. The standard InChI is InChI=1S/C48H30/c1-2-12-31(13-3-1)37-17-10-11-21-41(37)48-43-29-27-33-15-5-8-19-39(33)46(43)45(42-28-26-34-16-6-9-20-40(34)47(42)48)36-25-24-35-23-22-32-14-4-7-18-38(32)44(35)30-36/h1-30H. The summed E-state index contributed by atoms with van der Waals surface area (Å²) in [6.07, 6.45) is 0. The summed E-state index contributed by atoms with van der Waals surface area (Å²) >= 11 is 0. The van der Waals surface area contributed by atoms with Crippen LogP contribution in [0.5, 0.6) is 0 Å². The van der Waals surface area contributed by atoms with Gasteiger partial charge in [0.15, 0.2) is 0 Å². The Labute approximate surface area is 279 Å². The lowest BCUT2D eigenvalue weighted by atomic mass is 9.80. The lowest BCUT2D eigenvalue weighted by molar-refractivity contribution is 1.61. The summed E-state index contributed by atoms with van der Waals surface area (Å²) in [5, 5.41) is 15.3. The topological polar surface area (TPSA) is 0 Å². The summed E-state index contributed by atoms with van der Waals surface area (Å²) in [5.74, 6) is 0. The first kappa shape index (κ1) is 26.9. The molecule has 48 heavy (non-hydrogen) atoms. The maximum atomic E-state index is 2.43. The van der Waals surface area contributed by atoms with Gasteiger partial charge in [-0.1, -0.05) is 176 Å². The van der Waals surface area contributed by atoms with Crippen molar-refractivity contribution in [2.45, 2.75) is 0 Å². The van der Waals surface area contributed by atoms with Crippen LogP contribution in [0.4, 0.5) is 0 Å². The van der Waals surface area contributed by atoms with E-state index in [0.717, 1.165) is 0 Å². The molecule has 0 atom stereocenters. The maximum absolute atomic E-state index is 2.43. The van der Waals surface area contributed by atoms with Crippen molar-refractivity contribution in [3.8, 4) is 33.4 Å². The van der Waals surface area contributed by atoms with Crippen LogP contribution in [0, 0.1) is 0 Å². The number of hydrogen-bond acceptors (Lipinski definition) is 0. The summed E-state index contributed by atoms with van der Waals surface area (Å²) in [5.41, 5.74) is 7.53. The zero-order chi connectivity index (χ0) is 31.6. The van der Waals surface area contributed by atoms with Crippen molar-refractivity contribution in [2.24, 2.45) is 0 Å². The Balaban J connectivity index is 1.45. The molecule has 0 bridgehead atoms. The molecule has 0 amide bonds. The van der Waals surface area contributed by atoms with Gasteiger partial charge in [-0.3, -0.25) is 0 Å². The Hall–Kier alpha value is -6.24. The van der Waals surface area contributed by atoms with Gasteiger partial charge in [0.25, 0.3) is 0 Å². The second-order valence-electron chi connectivity index (χ2n) is 12.8. The molecule has 0 saturated heterocycles. The highest BCUT2D eigenvalue weighted by atomic mass is 14.2. The Bertz CT molecular complexity index is 2880. The van der Waals surface area contributed by atoms with Gasteiger partial charge < -0.3 is 0 Å². The minimum Gasteiger partial charge on any atom is -0.0622 e. The van der Waals surface area contributed by atoms with Crippen LogP contribution in [0.2, 0.25) is 0 Å². The fourth-order valence-corrected chi connectivity index (χ4v) is 8.08. The van der Waals surface area contributed by atoms with E-state index in [1.165, 1.54) is 98.0 Å². The third-order valence-electron chi connectivity index (χ3n) is 10.2. The minimum atomic E-state index is 1.22. The Morgan fingerprint density at radius 1 is 0.229 bits per heavy atom. The Morgan fingerprint density at radius 2 is 0.688 bits per heavy atom. The molecule has 0 aliphatic heterocycles. The van der Waals surface area contributed by atoms with Crippen molar-refractivity contribution >= 4 is 64.6 Å². The van der Waals surface area contributed by atoms with Crippen molar-refractivity contribution in [1.82, 2.24) is 0 Å².